The molecule has 0 unspecified atom stereocenters. The van der Waals surface area contributed by atoms with Crippen LogP contribution in [0.2, 0.25) is 0 Å². The molecule has 2 aliphatic heterocycles. The first-order chi connectivity index (χ1) is 12.4. The molecule has 0 spiro atoms. The van der Waals surface area contributed by atoms with Crippen LogP contribution in [0.4, 0.5) is 0 Å². The highest BCUT2D eigenvalue weighted by molar-refractivity contribution is 5.68. The zero-order valence-corrected chi connectivity index (χ0v) is 15.8. The van der Waals surface area contributed by atoms with Crippen molar-refractivity contribution in [2.75, 3.05) is 13.2 Å². The molecule has 4 nitrogen and oxygen atoms in total. The summed E-state index contributed by atoms with van der Waals surface area (Å²) in [5.41, 5.74) is 3.62. The molecule has 2 fully saturated rings. The van der Waals surface area contributed by atoms with Gasteiger partial charge in [0.05, 0.1) is 24.4 Å². The molecule has 2 aliphatic rings. The largest absolute Gasteiger partial charge is 0.346 e. The molecule has 0 aromatic heterocycles. The van der Waals surface area contributed by atoms with Gasteiger partial charge < -0.3 is 18.9 Å². The highest BCUT2D eigenvalue weighted by atomic mass is 16.7. The van der Waals surface area contributed by atoms with Gasteiger partial charge in [-0.15, -0.1) is 0 Å². The molecule has 0 atom stereocenters. The molecule has 2 saturated heterocycles. The Balaban J connectivity index is 1.64. The molecular weight excluding hydrogens is 328 g/mol. The lowest BCUT2D eigenvalue weighted by atomic mass is 9.90. The third-order valence-corrected chi connectivity index (χ3v) is 5.58. The summed E-state index contributed by atoms with van der Waals surface area (Å²) in [6.45, 7) is 9.60. The molecule has 138 valence electrons. The van der Waals surface area contributed by atoms with Crippen molar-refractivity contribution in [3.05, 3.63) is 59.7 Å². The lowest BCUT2D eigenvalue weighted by molar-refractivity contribution is -0.0891. The predicted octanol–water partition coefficient (Wildman–Crippen LogP) is 5.00. The van der Waals surface area contributed by atoms with E-state index in [2.05, 4.69) is 64.1 Å². The molecule has 0 saturated carbocycles. The van der Waals surface area contributed by atoms with E-state index in [4.69, 9.17) is 18.9 Å². The Bertz CT molecular complexity index is 757. The van der Waals surface area contributed by atoms with Crippen LogP contribution in [0.1, 0.15) is 51.4 Å². The van der Waals surface area contributed by atoms with Crippen LogP contribution < -0.4 is 0 Å². The maximum Gasteiger partial charge on any atom is 0.185 e. The van der Waals surface area contributed by atoms with E-state index in [1.165, 1.54) is 0 Å². The van der Waals surface area contributed by atoms with Gasteiger partial charge in [0.15, 0.2) is 12.6 Å². The van der Waals surface area contributed by atoms with Gasteiger partial charge in [-0.05, 0) is 38.8 Å². The average Bonchev–Trinajstić information content (AvgIpc) is 3.22. The topological polar surface area (TPSA) is 36.9 Å². The molecule has 26 heavy (non-hydrogen) atoms. The van der Waals surface area contributed by atoms with Gasteiger partial charge in [-0.25, -0.2) is 0 Å². The van der Waals surface area contributed by atoms with Crippen molar-refractivity contribution < 1.29 is 18.9 Å². The fourth-order valence-electron chi connectivity index (χ4n) is 3.31. The third-order valence-electron chi connectivity index (χ3n) is 5.58. The Morgan fingerprint density at radius 2 is 1.31 bits per heavy atom. The molecule has 0 aliphatic carbocycles. The molecule has 0 bridgehead atoms. The maximum absolute atomic E-state index is 6.26. The Kier molecular flexibility index (Phi) is 4.40. The van der Waals surface area contributed by atoms with Crippen molar-refractivity contribution in [3.8, 4) is 11.1 Å². The fourth-order valence-corrected chi connectivity index (χ4v) is 3.31. The van der Waals surface area contributed by atoms with E-state index in [0.29, 0.717) is 13.2 Å². The number of rotatable bonds is 3. The summed E-state index contributed by atoms with van der Waals surface area (Å²) >= 11 is 0. The van der Waals surface area contributed by atoms with Crippen molar-refractivity contribution in [2.45, 2.75) is 51.5 Å². The molecule has 0 radical (unpaired) electrons. The van der Waals surface area contributed by atoms with Crippen molar-refractivity contribution in [2.24, 2.45) is 0 Å². The Labute approximate surface area is 155 Å². The fraction of sp³-hybridized carbons (Fsp3) is 0.455. The summed E-state index contributed by atoms with van der Waals surface area (Å²) in [4.78, 5) is 0. The Hall–Kier alpha value is -1.72. The summed E-state index contributed by atoms with van der Waals surface area (Å²) in [7, 11) is 0. The van der Waals surface area contributed by atoms with Gasteiger partial charge in [-0.1, -0.05) is 48.5 Å². The quantitative estimate of drug-likeness (QED) is 0.777. The van der Waals surface area contributed by atoms with E-state index in [1.54, 1.807) is 0 Å². The molecule has 0 N–H and O–H groups in total. The van der Waals surface area contributed by atoms with E-state index >= 15 is 0 Å². The molecule has 2 heterocycles. The minimum absolute atomic E-state index is 0.248. The summed E-state index contributed by atoms with van der Waals surface area (Å²) in [5.74, 6) is 0. The summed E-state index contributed by atoms with van der Waals surface area (Å²) in [6, 6.07) is 16.6. The predicted molar refractivity (Wildman–Crippen MR) is 99.6 cm³/mol. The molecule has 2 aromatic rings. The van der Waals surface area contributed by atoms with Gasteiger partial charge in [0, 0.05) is 11.1 Å². The minimum atomic E-state index is -0.377. The second-order valence-corrected chi connectivity index (χ2v) is 7.87. The monoisotopic (exact) mass is 354 g/mol. The zero-order valence-electron chi connectivity index (χ0n) is 15.8. The first kappa shape index (κ1) is 17.7. The van der Waals surface area contributed by atoms with Crippen LogP contribution in [-0.2, 0) is 18.9 Å². The van der Waals surface area contributed by atoms with E-state index in [9.17, 15) is 0 Å². The van der Waals surface area contributed by atoms with Crippen LogP contribution in [0.15, 0.2) is 48.5 Å². The van der Waals surface area contributed by atoms with Crippen LogP contribution in [0.25, 0.3) is 11.1 Å². The van der Waals surface area contributed by atoms with Gasteiger partial charge in [-0.2, -0.15) is 0 Å². The number of ether oxygens (including phenoxy) is 4. The standard InChI is InChI=1S/C22H26O4/c1-21(2)22(3,4)26-20(25-21)18-8-6-5-7-17(18)15-9-11-16(12-10-15)19-23-13-14-24-19/h5-12,19-20H,13-14H2,1-4H3. The van der Waals surface area contributed by atoms with Gasteiger partial charge in [-0.3, -0.25) is 0 Å². The zero-order chi connectivity index (χ0) is 18.4. The molecule has 4 heteroatoms. The van der Waals surface area contributed by atoms with Crippen molar-refractivity contribution >= 4 is 0 Å². The highest BCUT2D eigenvalue weighted by Crippen LogP contribution is 2.46. The van der Waals surface area contributed by atoms with E-state index in [0.717, 1.165) is 22.3 Å². The van der Waals surface area contributed by atoms with E-state index in [-0.39, 0.29) is 23.8 Å². The lowest BCUT2D eigenvalue weighted by Gasteiger charge is -2.30. The SMILES string of the molecule is CC1(C)OC(c2ccccc2-c2ccc(C3OCCO3)cc2)OC1(C)C. The normalized spacial score (nSPS) is 22.8. The van der Waals surface area contributed by atoms with Gasteiger partial charge in [0.25, 0.3) is 0 Å². The minimum Gasteiger partial charge on any atom is -0.346 e. The molecule has 2 aromatic carbocycles. The Morgan fingerprint density at radius 1 is 0.731 bits per heavy atom. The van der Waals surface area contributed by atoms with Gasteiger partial charge in [0.1, 0.15) is 0 Å². The van der Waals surface area contributed by atoms with Crippen LogP contribution in [-0.4, -0.2) is 24.4 Å². The van der Waals surface area contributed by atoms with Gasteiger partial charge in [0.2, 0.25) is 0 Å². The second-order valence-electron chi connectivity index (χ2n) is 7.87. The molecular formula is C22H26O4. The number of hydrogen-bond donors (Lipinski definition) is 0. The second kappa shape index (κ2) is 6.46. The van der Waals surface area contributed by atoms with Crippen molar-refractivity contribution in [1.82, 2.24) is 0 Å². The van der Waals surface area contributed by atoms with Gasteiger partial charge >= 0.3 is 0 Å². The molecule has 0 amide bonds. The third kappa shape index (κ3) is 3.08. The number of benzene rings is 2. The lowest BCUT2D eigenvalue weighted by Crippen LogP contribution is -2.41. The van der Waals surface area contributed by atoms with E-state index in [1.807, 2.05) is 12.1 Å². The highest BCUT2D eigenvalue weighted by Gasteiger charge is 2.49. The summed E-state index contributed by atoms with van der Waals surface area (Å²) in [6.07, 6.45) is -0.625. The van der Waals surface area contributed by atoms with Crippen molar-refractivity contribution in [3.63, 3.8) is 0 Å². The van der Waals surface area contributed by atoms with E-state index < -0.39 is 0 Å². The van der Waals surface area contributed by atoms with Crippen LogP contribution in [0.5, 0.6) is 0 Å². The van der Waals surface area contributed by atoms with Crippen LogP contribution >= 0.6 is 0 Å². The summed E-state index contributed by atoms with van der Waals surface area (Å²) in [5, 5.41) is 0. The Morgan fingerprint density at radius 3 is 1.92 bits per heavy atom. The van der Waals surface area contributed by atoms with Crippen molar-refractivity contribution in [1.29, 1.82) is 0 Å². The first-order valence-corrected chi connectivity index (χ1v) is 9.15. The average molecular weight is 354 g/mol. The maximum atomic E-state index is 6.26. The smallest absolute Gasteiger partial charge is 0.185 e. The van der Waals surface area contributed by atoms with Crippen LogP contribution in [0, 0.1) is 0 Å². The molecule has 4 rings (SSSR count). The first-order valence-electron chi connectivity index (χ1n) is 9.15. The van der Waals surface area contributed by atoms with Crippen LogP contribution in [0.3, 0.4) is 0 Å². The number of hydrogen-bond acceptors (Lipinski definition) is 4. The summed E-state index contributed by atoms with van der Waals surface area (Å²) < 4.78 is 23.7.